The van der Waals surface area contributed by atoms with Gasteiger partial charge in [-0.25, -0.2) is 0 Å². The molecule has 0 unspecified atom stereocenters. The monoisotopic (exact) mass is 285 g/mol. The first-order chi connectivity index (χ1) is 9.47. The molecule has 0 saturated carbocycles. The molecule has 1 N–H and O–H groups in total. The van der Waals surface area contributed by atoms with Crippen LogP contribution in [0, 0.1) is 5.92 Å². The summed E-state index contributed by atoms with van der Waals surface area (Å²) in [6.07, 6.45) is 2.09. The van der Waals surface area contributed by atoms with E-state index in [2.05, 4.69) is 23.9 Å². The van der Waals surface area contributed by atoms with Gasteiger partial charge in [-0.15, -0.1) is 0 Å². The van der Waals surface area contributed by atoms with Crippen molar-refractivity contribution < 1.29 is 18.3 Å². The minimum atomic E-state index is -2.80. The van der Waals surface area contributed by atoms with Crippen molar-refractivity contribution in [3.63, 3.8) is 0 Å². The second kappa shape index (κ2) is 8.51. The molecule has 0 spiro atoms. The van der Waals surface area contributed by atoms with Crippen molar-refractivity contribution in [3.05, 3.63) is 29.8 Å². The Morgan fingerprint density at radius 2 is 1.90 bits per heavy atom. The first-order valence-corrected chi connectivity index (χ1v) is 6.78. The molecule has 112 valence electrons. The number of carbonyl (C=O) groups is 1. The summed E-state index contributed by atoms with van der Waals surface area (Å²) >= 11 is 0. The van der Waals surface area contributed by atoms with Gasteiger partial charge in [0, 0.05) is 13.0 Å². The molecule has 0 aliphatic rings. The van der Waals surface area contributed by atoms with Crippen LogP contribution in [0.3, 0.4) is 0 Å². The Morgan fingerprint density at radius 1 is 1.25 bits per heavy atom. The lowest BCUT2D eigenvalue weighted by atomic mass is 10.1. The van der Waals surface area contributed by atoms with Crippen LogP contribution in [0.1, 0.15) is 32.3 Å². The van der Waals surface area contributed by atoms with E-state index in [1.165, 1.54) is 12.1 Å². The number of benzene rings is 1. The van der Waals surface area contributed by atoms with Crippen LogP contribution < -0.4 is 10.1 Å². The van der Waals surface area contributed by atoms with Crippen LogP contribution in [0.4, 0.5) is 8.78 Å². The summed E-state index contributed by atoms with van der Waals surface area (Å²) in [7, 11) is 0. The predicted octanol–water partition coefficient (Wildman–Crippen LogP) is 3.38. The van der Waals surface area contributed by atoms with Gasteiger partial charge in [-0.3, -0.25) is 4.79 Å². The molecule has 20 heavy (non-hydrogen) atoms. The molecule has 0 aromatic heterocycles. The Bertz CT molecular complexity index is 405. The molecule has 1 aromatic carbocycles. The van der Waals surface area contributed by atoms with E-state index >= 15 is 0 Å². The number of nitrogens with one attached hydrogen (secondary N) is 1. The van der Waals surface area contributed by atoms with E-state index in [4.69, 9.17) is 0 Å². The van der Waals surface area contributed by atoms with Crippen LogP contribution in [0.15, 0.2) is 24.3 Å². The second-order valence-electron chi connectivity index (χ2n) is 5.05. The zero-order valence-electron chi connectivity index (χ0n) is 11.9. The average Bonchev–Trinajstić information content (AvgIpc) is 2.38. The maximum absolute atomic E-state index is 12.0. The minimum Gasteiger partial charge on any atom is -0.435 e. The second-order valence-corrected chi connectivity index (χ2v) is 5.05. The van der Waals surface area contributed by atoms with Crippen molar-refractivity contribution in [2.24, 2.45) is 5.92 Å². The summed E-state index contributed by atoms with van der Waals surface area (Å²) in [4.78, 5) is 11.5. The van der Waals surface area contributed by atoms with Gasteiger partial charge in [-0.2, -0.15) is 8.78 Å². The Kier molecular flexibility index (Phi) is 6.98. The number of alkyl halides is 2. The van der Waals surface area contributed by atoms with Crippen LogP contribution >= 0.6 is 0 Å². The first-order valence-electron chi connectivity index (χ1n) is 6.78. The van der Waals surface area contributed by atoms with E-state index in [-0.39, 0.29) is 11.7 Å². The number of amides is 1. The molecule has 0 radical (unpaired) electrons. The third kappa shape index (κ3) is 7.07. The molecule has 5 heteroatoms. The van der Waals surface area contributed by atoms with Gasteiger partial charge in [-0.05, 0) is 36.5 Å². The van der Waals surface area contributed by atoms with Gasteiger partial charge in [0.15, 0.2) is 0 Å². The van der Waals surface area contributed by atoms with Crippen molar-refractivity contribution in [3.8, 4) is 5.75 Å². The Labute approximate surface area is 118 Å². The van der Waals surface area contributed by atoms with E-state index in [9.17, 15) is 13.6 Å². The van der Waals surface area contributed by atoms with E-state index in [1.54, 1.807) is 12.1 Å². The topological polar surface area (TPSA) is 38.3 Å². The molecule has 0 fully saturated rings. The number of halogens is 2. The summed E-state index contributed by atoms with van der Waals surface area (Å²) in [6, 6.07) is 6.44. The minimum absolute atomic E-state index is 0.0522. The molecular weight excluding hydrogens is 264 g/mol. The summed E-state index contributed by atoms with van der Waals surface area (Å²) in [5.41, 5.74) is 0.968. The van der Waals surface area contributed by atoms with Crippen molar-refractivity contribution in [1.29, 1.82) is 0 Å². The average molecular weight is 285 g/mol. The fraction of sp³-hybridized carbons (Fsp3) is 0.533. The standard InChI is InChI=1S/C15H21F2NO2/c1-11(2)3-8-14(19)18-10-9-12-4-6-13(7-5-12)20-15(16)17/h4-7,11,15H,3,8-10H2,1-2H3,(H,18,19). The summed E-state index contributed by atoms with van der Waals surface area (Å²) in [5, 5.41) is 2.84. The van der Waals surface area contributed by atoms with Crippen LogP contribution in [-0.2, 0) is 11.2 Å². The van der Waals surface area contributed by atoms with Crippen molar-refractivity contribution >= 4 is 5.91 Å². The molecular formula is C15H21F2NO2. The highest BCUT2D eigenvalue weighted by Gasteiger charge is 2.05. The highest BCUT2D eigenvalue weighted by molar-refractivity contribution is 5.75. The molecule has 1 rings (SSSR count). The van der Waals surface area contributed by atoms with Crippen LogP contribution in [0.25, 0.3) is 0 Å². The fourth-order valence-electron chi connectivity index (χ4n) is 1.69. The number of carbonyl (C=O) groups excluding carboxylic acids is 1. The van der Waals surface area contributed by atoms with Gasteiger partial charge in [0.2, 0.25) is 5.91 Å². The van der Waals surface area contributed by atoms with Crippen molar-refractivity contribution in [1.82, 2.24) is 5.32 Å². The zero-order chi connectivity index (χ0) is 15.0. The predicted molar refractivity (Wildman–Crippen MR) is 73.9 cm³/mol. The number of hydrogen-bond donors (Lipinski definition) is 1. The highest BCUT2D eigenvalue weighted by Crippen LogP contribution is 2.15. The lowest BCUT2D eigenvalue weighted by Gasteiger charge is -2.08. The third-order valence-electron chi connectivity index (χ3n) is 2.83. The SMILES string of the molecule is CC(C)CCC(=O)NCCc1ccc(OC(F)F)cc1. The first kappa shape index (κ1) is 16.4. The summed E-state index contributed by atoms with van der Waals surface area (Å²) in [5.74, 6) is 0.712. The normalized spacial score (nSPS) is 10.9. The number of hydrogen-bond acceptors (Lipinski definition) is 2. The zero-order valence-corrected chi connectivity index (χ0v) is 11.9. The van der Waals surface area contributed by atoms with Crippen molar-refractivity contribution in [2.75, 3.05) is 6.54 Å². The molecule has 3 nitrogen and oxygen atoms in total. The smallest absolute Gasteiger partial charge is 0.387 e. The van der Waals surface area contributed by atoms with Gasteiger partial charge in [-0.1, -0.05) is 26.0 Å². The van der Waals surface area contributed by atoms with Crippen LogP contribution in [0.2, 0.25) is 0 Å². The molecule has 1 amide bonds. The quantitative estimate of drug-likeness (QED) is 0.795. The molecule has 0 aliphatic carbocycles. The van der Waals surface area contributed by atoms with Gasteiger partial charge < -0.3 is 10.1 Å². The number of rotatable bonds is 8. The lowest BCUT2D eigenvalue weighted by molar-refractivity contribution is -0.121. The highest BCUT2D eigenvalue weighted by atomic mass is 19.3. The van der Waals surface area contributed by atoms with Gasteiger partial charge in [0.25, 0.3) is 0 Å². The molecule has 0 bridgehead atoms. The van der Waals surface area contributed by atoms with Crippen LogP contribution in [-0.4, -0.2) is 19.1 Å². The molecule has 0 atom stereocenters. The van der Waals surface area contributed by atoms with Gasteiger partial charge in [0.1, 0.15) is 5.75 Å². The Hall–Kier alpha value is -1.65. The van der Waals surface area contributed by atoms with E-state index in [0.29, 0.717) is 25.3 Å². The van der Waals surface area contributed by atoms with Gasteiger partial charge >= 0.3 is 6.61 Å². The molecule has 0 heterocycles. The fourth-order valence-corrected chi connectivity index (χ4v) is 1.69. The van der Waals surface area contributed by atoms with E-state index in [0.717, 1.165) is 12.0 Å². The summed E-state index contributed by atoms with van der Waals surface area (Å²) in [6.45, 7) is 1.90. The largest absolute Gasteiger partial charge is 0.435 e. The Morgan fingerprint density at radius 3 is 2.45 bits per heavy atom. The molecule has 1 aromatic rings. The van der Waals surface area contributed by atoms with Crippen LogP contribution in [0.5, 0.6) is 5.75 Å². The maximum Gasteiger partial charge on any atom is 0.387 e. The molecule has 0 saturated heterocycles. The van der Waals surface area contributed by atoms with E-state index < -0.39 is 6.61 Å². The third-order valence-corrected chi connectivity index (χ3v) is 2.83. The van der Waals surface area contributed by atoms with Gasteiger partial charge in [0.05, 0.1) is 0 Å². The van der Waals surface area contributed by atoms with E-state index in [1.807, 2.05) is 0 Å². The lowest BCUT2D eigenvalue weighted by Crippen LogP contribution is -2.25. The molecule has 0 aliphatic heterocycles. The number of ether oxygens (including phenoxy) is 1. The van der Waals surface area contributed by atoms with Crippen molar-refractivity contribution in [2.45, 2.75) is 39.7 Å². The summed E-state index contributed by atoms with van der Waals surface area (Å²) < 4.78 is 28.2. The maximum atomic E-state index is 12.0. The Balaban J connectivity index is 2.26.